The molecule has 27 heavy (non-hydrogen) atoms. The van der Waals surface area contributed by atoms with E-state index in [0.717, 1.165) is 30.2 Å². The number of furan rings is 1. The van der Waals surface area contributed by atoms with Gasteiger partial charge in [-0.1, -0.05) is 17.7 Å². The van der Waals surface area contributed by atoms with Crippen LogP contribution in [0, 0.1) is 13.8 Å². The van der Waals surface area contributed by atoms with Crippen molar-refractivity contribution in [2.24, 2.45) is 4.99 Å². The molecule has 1 aromatic carbocycles. The summed E-state index contributed by atoms with van der Waals surface area (Å²) < 4.78 is 5.94. The maximum Gasteiger partial charge on any atom is 0.264 e. The molecule has 1 N–H and O–H groups in total. The lowest BCUT2D eigenvalue weighted by molar-refractivity contribution is -0.115. The molecule has 0 aliphatic carbocycles. The fourth-order valence-corrected chi connectivity index (χ4v) is 4.17. The molecule has 5 nitrogen and oxygen atoms in total. The summed E-state index contributed by atoms with van der Waals surface area (Å²) in [5, 5.41) is 3.44. The number of nitrogens with zero attached hydrogens (tertiary/aromatic N) is 2. The zero-order valence-electron chi connectivity index (χ0n) is 15.6. The van der Waals surface area contributed by atoms with E-state index < -0.39 is 0 Å². The van der Waals surface area contributed by atoms with Crippen molar-refractivity contribution in [3.05, 3.63) is 52.1 Å². The predicted molar refractivity (Wildman–Crippen MR) is 111 cm³/mol. The van der Waals surface area contributed by atoms with Crippen molar-refractivity contribution < 1.29 is 9.21 Å². The zero-order valence-corrected chi connectivity index (χ0v) is 16.4. The summed E-state index contributed by atoms with van der Waals surface area (Å²) in [6.07, 6.45) is 5.48. The van der Waals surface area contributed by atoms with Crippen LogP contribution in [0.2, 0.25) is 0 Å². The number of aliphatic imine (C=N–C) groups is 1. The Kier molecular flexibility index (Phi) is 5.07. The molecule has 2 saturated heterocycles. The number of nitrogens with one attached hydrogen (secondary N) is 1. The highest BCUT2D eigenvalue weighted by atomic mass is 32.2. The molecule has 1 aromatic heterocycles. The van der Waals surface area contributed by atoms with Gasteiger partial charge in [-0.25, -0.2) is 4.99 Å². The molecule has 2 aliphatic heterocycles. The Hall–Kier alpha value is -2.47. The van der Waals surface area contributed by atoms with Crippen LogP contribution in [0.3, 0.4) is 0 Å². The number of hydrogen-bond acceptors (Lipinski definition) is 5. The number of carbonyl (C=O) groups is 1. The number of amides is 1. The van der Waals surface area contributed by atoms with Gasteiger partial charge in [-0.2, -0.15) is 0 Å². The third-order valence-electron chi connectivity index (χ3n) is 4.78. The maximum atomic E-state index is 12.3. The Balaban J connectivity index is 1.50. The molecule has 0 unspecified atom stereocenters. The van der Waals surface area contributed by atoms with Gasteiger partial charge in [0.2, 0.25) is 0 Å². The van der Waals surface area contributed by atoms with Crippen molar-refractivity contribution >= 4 is 40.5 Å². The quantitative estimate of drug-likeness (QED) is 0.778. The molecule has 1 amide bonds. The number of hydrogen-bond donors (Lipinski definition) is 1. The first-order valence-corrected chi connectivity index (χ1v) is 10.1. The van der Waals surface area contributed by atoms with E-state index in [1.807, 2.05) is 31.2 Å². The van der Waals surface area contributed by atoms with Crippen molar-refractivity contribution in [3.63, 3.8) is 0 Å². The van der Waals surface area contributed by atoms with Crippen molar-refractivity contribution in [1.29, 1.82) is 0 Å². The maximum absolute atomic E-state index is 12.3. The van der Waals surface area contributed by atoms with Gasteiger partial charge in [0.25, 0.3) is 5.91 Å². The van der Waals surface area contributed by atoms with Crippen molar-refractivity contribution in [2.75, 3.05) is 18.0 Å². The molecule has 0 saturated carbocycles. The molecule has 0 atom stereocenters. The number of thioether (sulfide) groups is 1. The van der Waals surface area contributed by atoms with Crippen LogP contribution in [0.1, 0.15) is 36.1 Å². The summed E-state index contributed by atoms with van der Waals surface area (Å²) in [6.45, 7) is 6.14. The normalized spacial score (nSPS) is 20.5. The van der Waals surface area contributed by atoms with Crippen LogP contribution in [0.25, 0.3) is 6.08 Å². The summed E-state index contributed by atoms with van der Waals surface area (Å²) >= 11 is 1.34. The van der Waals surface area contributed by atoms with Gasteiger partial charge in [0.15, 0.2) is 11.1 Å². The van der Waals surface area contributed by atoms with Gasteiger partial charge in [0.05, 0.1) is 10.6 Å². The highest BCUT2D eigenvalue weighted by Gasteiger charge is 2.25. The van der Waals surface area contributed by atoms with Crippen LogP contribution >= 0.6 is 11.8 Å². The first-order valence-electron chi connectivity index (χ1n) is 9.30. The minimum absolute atomic E-state index is 0.139. The molecule has 3 heterocycles. The van der Waals surface area contributed by atoms with E-state index in [2.05, 4.69) is 28.2 Å². The first kappa shape index (κ1) is 17.9. The van der Waals surface area contributed by atoms with Gasteiger partial charge in [-0.05, 0) is 62.6 Å². The standard InChI is InChI=1S/C21H23N3O2S/c1-14-6-8-17(15(2)12-14)22-21-23-20(25)18(27-21)13-16-7-9-19(26-16)24-10-4-3-5-11-24/h6-9,12-13H,3-5,10-11H2,1-2H3,(H,22,23,25)/b18-13-. The second-order valence-electron chi connectivity index (χ2n) is 7.00. The van der Waals surface area contributed by atoms with E-state index in [0.29, 0.717) is 15.8 Å². The highest BCUT2D eigenvalue weighted by molar-refractivity contribution is 8.18. The largest absolute Gasteiger partial charge is 0.441 e. The lowest BCUT2D eigenvalue weighted by Crippen LogP contribution is -2.28. The number of aryl methyl sites for hydroxylation is 2. The van der Waals surface area contributed by atoms with Gasteiger partial charge in [-0.3, -0.25) is 4.79 Å². The van der Waals surface area contributed by atoms with Crippen LogP contribution in [0.15, 0.2) is 44.6 Å². The molecule has 0 spiro atoms. The van der Waals surface area contributed by atoms with Gasteiger partial charge in [0, 0.05) is 25.2 Å². The third-order valence-corrected chi connectivity index (χ3v) is 5.69. The van der Waals surface area contributed by atoms with Gasteiger partial charge in [-0.15, -0.1) is 0 Å². The summed E-state index contributed by atoms with van der Waals surface area (Å²) in [5.41, 5.74) is 3.16. The van der Waals surface area contributed by atoms with E-state index in [9.17, 15) is 4.79 Å². The second-order valence-corrected chi connectivity index (χ2v) is 8.03. The van der Waals surface area contributed by atoms with Crippen LogP contribution in [0.4, 0.5) is 11.6 Å². The SMILES string of the molecule is Cc1ccc(N=C2NC(=O)/C(=C/c3ccc(N4CCCCC4)o3)S2)c(C)c1. The molecule has 0 bridgehead atoms. The van der Waals surface area contributed by atoms with Gasteiger partial charge >= 0.3 is 0 Å². The topological polar surface area (TPSA) is 57.8 Å². The van der Waals surface area contributed by atoms with Crippen LogP contribution < -0.4 is 10.2 Å². The Morgan fingerprint density at radius 2 is 1.96 bits per heavy atom. The van der Waals surface area contributed by atoms with E-state index in [1.54, 1.807) is 6.08 Å². The monoisotopic (exact) mass is 381 g/mol. The van der Waals surface area contributed by atoms with E-state index in [1.165, 1.54) is 36.6 Å². The molecule has 2 aromatic rings. The second kappa shape index (κ2) is 7.64. The van der Waals surface area contributed by atoms with Crippen LogP contribution in [-0.2, 0) is 4.79 Å². The van der Waals surface area contributed by atoms with E-state index in [-0.39, 0.29) is 5.91 Å². The number of anilines is 1. The molecule has 6 heteroatoms. The Labute approximate surface area is 163 Å². The average molecular weight is 382 g/mol. The Bertz CT molecular complexity index is 923. The van der Waals surface area contributed by atoms with Crippen LogP contribution in [0.5, 0.6) is 0 Å². The molecule has 140 valence electrons. The molecule has 2 fully saturated rings. The first-order chi connectivity index (χ1) is 13.1. The van der Waals surface area contributed by atoms with E-state index >= 15 is 0 Å². The van der Waals surface area contributed by atoms with E-state index in [4.69, 9.17) is 4.42 Å². The summed E-state index contributed by atoms with van der Waals surface area (Å²) in [5.74, 6) is 1.44. The number of carbonyl (C=O) groups excluding carboxylic acids is 1. The Morgan fingerprint density at radius 3 is 2.74 bits per heavy atom. The fourth-order valence-electron chi connectivity index (χ4n) is 3.35. The summed E-state index contributed by atoms with van der Waals surface area (Å²) in [7, 11) is 0. The molecular weight excluding hydrogens is 358 g/mol. The van der Waals surface area contributed by atoms with Gasteiger partial charge < -0.3 is 14.6 Å². The number of rotatable bonds is 3. The summed E-state index contributed by atoms with van der Waals surface area (Å²) in [4.78, 5) is 19.7. The molecule has 2 aliphatic rings. The van der Waals surface area contributed by atoms with Crippen LogP contribution in [-0.4, -0.2) is 24.2 Å². The minimum atomic E-state index is -0.139. The fraction of sp³-hybridized carbons (Fsp3) is 0.333. The minimum Gasteiger partial charge on any atom is -0.441 e. The highest BCUT2D eigenvalue weighted by Crippen LogP contribution is 2.31. The number of benzene rings is 1. The van der Waals surface area contributed by atoms with Crippen molar-refractivity contribution in [2.45, 2.75) is 33.1 Å². The smallest absolute Gasteiger partial charge is 0.264 e. The van der Waals surface area contributed by atoms with Crippen molar-refractivity contribution in [3.8, 4) is 0 Å². The predicted octanol–water partition coefficient (Wildman–Crippen LogP) is 4.78. The van der Waals surface area contributed by atoms with Crippen molar-refractivity contribution in [1.82, 2.24) is 5.32 Å². The lowest BCUT2D eigenvalue weighted by atomic mass is 10.1. The average Bonchev–Trinajstić information content (AvgIpc) is 3.26. The molecular formula is C21H23N3O2S. The number of piperidine rings is 1. The molecule has 0 radical (unpaired) electrons. The third kappa shape index (κ3) is 4.11. The number of amidine groups is 1. The summed E-state index contributed by atoms with van der Waals surface area (Å²) in [6, 6.07) is 9.99. The van der Waals surface area contributed by atoms with Gasteiger partial charge in [0.1, 0.15) is 5.76 Å². The molecule has 4 rings (SSSR count). The zero-order chi connectivity index (χ0) is 18.8. The lowest BCUT2D eigenvalue weighted by Gasteiger charge is -2.25. The Morgan fingerprint density at radius 1 is 1.15 bits per heavy atom.